The molecule has 3 heterocycles. The van der Waals surface area contributed by atoms with Crippen LogP contribution in [0.1, 0.15) is 0 Å². The maximum atomic E-state index is 6.49. The monoisotopic (exact) mass is 625 g/mol. The molecule has 0 spiro atoms. The molecule has 0 aliphatic heterocycles. The molecule has 0 bridgehead atoms. The van der Waals surface area contributed by atoms with Gasteiger partial charge < -0.3 is 13.4 Å². The first kappa shape index (κ1) is 26.5. The predicted octanol–water partition coefficient (Wildman–Crippen LogP) is 13.1. The van der Waals surface area contributed by atoms with E-state index in [1.807, 2.05) is 12.1 Å². The van der Waals surface area contributed by atoms with E-state index in [1.165, 1.54) is 54.5 Å². The van der Waals surface area contributed by atoms with Gasteiger partial charge >= 0.3 is 0 Å². The molecule has 0 amide bonds. The Hall–Kier alpha value is -6.58. The maximum absolute atomic E-state index is 6.49. The lowest BCUT2D eigenvalue weighted by atomic mass is 9.84. The third-order valence-electron chi connectivity index (χ3n) is 10.3. The molecule has 0 saturated heterocycles. The van der Waals surface area contributed by atoms with E-state index >= 15 is 0 Å². The van der Waals surface area contributed by atoms with E-state index in [9.17, 15) is 0 Å². The molecule has 3 nitrogen and oxygen atoms in total. The van der Waals surface area contributed by atoms with E-state index in [4.69, 9.17) is 8.83 Å². The molecule has 0 unspecified atom stereocenters. The normalized spacial score (nSPS) is 12.1. The van der Waals surface area contributed by atoms with E-state index in [0.29, 0.717) is 0 Å². The Balaban J connectivity index is 1.29. The molecular weight excluding hydrogens is 599 g/mol. The summed E-state index contributed by atoms with van der Waals surface area (Å²) >= 11 is 0. The minimum absolute atomic E-state index is 0.862. The van der Waals surface area contributed by atoms with Gasteiger partial charge in [0.05, 0.1) is 17.3 Å². The molecule has 228 valence electrons. The fourth-order valence-corrected chi connectivity index (χ4v) is 8.33. The molecule has 0 radical (unpaired) electrons. The van der Waals surface area contributed by atoms with Gasteiger partial charge in [-0.25, -0.2) is 0 Å². The highest BCUT2D eigenvalue weighted by molar-refractivity contribution is 6.29. The molecule has 0 fully saturated rings. The molecule has 0 saturated carbocycles. The maximum Gasteiger partial charge on any atom is 0.142 e. The van der Waals surface area contributed by atoms with Gasteiger partial charge in [0.25, 0.3) is 0 Å². The van der Waals surface area contributed by atoms with Crippen LogP contribution < -0.4 is 0 Å². The fourth-order valence-electron chi connectivity index (χ4n) is 8.33. The number of hydrogen-bond donors (Lipinski definition) is 0. The van der Waals surface area contributed by atoms with Crippen molar-refractivity contribution < 1.29 is 8.83 Å². The van der Waals surface area contributed by atoms with Gasteiger partial charge in [0, 0.05) is 43.7 Å². The molecule has 0 aliphatic rings. The number of benzene rings is 8. The van der Waals surface area contributed by atoms with E-state index in [-0.39, 0.29) is 0 Å². The minimum atomic E-state index is 0.862. The number of fused-ring (bicyclic) bond motifs is 10. The Bertz CT molecular complexity index is 3050. The molecule has 0 aliphatic carbocycles. The highest BCUT2D eigenvalue weighted by Gasteiger charge is 2.24. The van der Waals surface area contributed by atoms with Crippen LogP contribution in [0.4, 0.5) is 0 Å². The molecule has 11 rings (SSSR count). The minimum Gasteiger partial charge on any atom is -0.464 e. The van der Waals surface area contributed by atoms with Gasteiger partial charge in [-0.3, -0.25) is 0 Å². The molecule has 8 aromatic carbocycles. The number of aromatic nitrogens is 1. The topological polar surface area (TPSA) is 31.2 Å². The van der Waals surface area contributed by atoms with Crippen molar-refractivity contribution in [1.82, 2.24) is 4.57 Å². The summed E-state index contributed by atoms with van der Waals surface area (Å²) in [6, 6.07) is 56.4. The van der Waals surface area contributed by atoms with Crippen LogP contribution in [0.5, 0.6) is 0 Å². The van der Waals surface area contributed by atoms with E-state index < -0.39 is 0 Å². The number of para-hydroxylation sites is 3. The molecule has 49 heavy (non-hydrogen) atoms. The van der Waals surface area contributed by atoms with Crippen molar-refractivity contribution in [2.24, 2.45) is 0 Å². The molecule has 0 atom stereocenters. The molecule has 3 heteroatoms. The quantitative estimate of drug-likeness (QED) is 0.183. The third-order valence-corrected chi connectivity index (χ3v) is 10.3. The summed E-state index contributed by atoms with van der Waals surface area (Å²) in [5.41, 5.74) is 10.8. The largest absolute Gasteiger partial charge is 0.464 e. The average molecular weight is 626 g/mol. The Morgan fingerprint density at radius 3 is 1.71 bits per heavy atom. The van der Waals surface area contributed by atoms with Crippen molar-refractivity contribution >= 4 is 76.3 Å². The average Bonchev–Trinajstić information content (AvgIpc) is 3.88. The van der Waals surface area contributed by atoms with Gasteiger partial charge in [-0.2, -0.15) is 0 Å². The molecule has 11 aromatic rings. The summed E-state index contributed by atoms with van der Waals surface area (Å²) < 4.78 is 15.2. The van der Waals surface area contributed by atoms with Crippen molar-refractivity contribution in [3.05, 3.63) is 164 Å². The number of rotatable bonds is 3. The number of hydrogen-bond acceptors (Lipinski definition) is 2. The van der Waals surface area contributed by atoms with Crippen LogP contribution in [0.25, 0.3) is 104 Å². The van der Waals surface area contributed by atoms with Crippen LogP contribution in [0.2, 0.25) is 0 Å². The second kappa shape index (κ2) is 9.96. The van der Waals surface area contributed by atoms with E-state index in [0.717, 1.165) is 49.7 Å². The third kappa shape index (κ3) is 3.62. The summed E-state index contributed by atoms with van der Waals surface area (Å²) in [6.07, 6.45) is 1.80. The van der Waals surface area contributed by atoms with Gasteiger partial charge in [0.1, 0.15) is 16.7 Å². The Kier molecular flexibility index (Phi) is 5.38. The van der Waals surface area contributed by atoms with Crippen molar-refractivity contribution in [3.63, 3.8) is 0 Å². The Morgan fingerprint density at radius 2 is 0.980 bits per heavy atom. The highest BCUT2D eigenvalue weighted by Crippen LogP contribution is 2.49. The second-order valence-corrected chi connectivity index (χ2v) is 12.8. The Labute approximate surface area is 280 Å². The van der Waals surface area contributed by atoms with Gasteiger partial charge in [0.2, 0.25) is 0 Å². The standard InChI is InChI=1S/C46H27NO2/c1-2-13-28(14-3-1)47-38-22-10-8-19-33(38)44-35(21-12-23-39(44)47)42-29-15-4-6-17-31(29)43(32-18-7-5-16-30(32)42)37-27-41-45(36-25-26-48-46(36)37)34-20-9-11-24-40(34)49-41/h1-27H. The summed E-state index contributed by atoms with van der Waals surface area (Å²) in [4.78, 5) is 0. The summed E-state index contributed by atoms with van der Waals surface area (Å²) in [7, 11) is 0. The van der Waals surface area contributed by atoms with Gasteiger partial charge in [-0.1, -0.05) is 115 Å². The zero-order valence-corrected chi connectivity index (χ0v) is 26.4. The van der Waals surface area contributed by atoms with Crippen molar-refractivity contribution in [2.75, 3.05) is 0 Å². The number of nitrogens with zero attached hydrogens (tertiary/aromatic N) is 1. The van der Waals surface area contributed by atoms with Crippen LogP contribution >= 0.6 is 0 Å². The van der Waals surface area contributed by atoms with Gasteiger partial charge in [0.15, 0.2) is 0 Å². The van der Waals surface area contributed by atoms with Crippen molar-refractivity contribution in [1.29, 1.82) is 0 Å². The first-order valence-corrected chi connectivity index (χ1v) is 16.7. The van der Waals surface area contributed by atoms with Crippen LogP contribution in [0, 0.1) is 0 Å². The fraction of sp³-hybridized carbons (Fsp3) is 0. The van der Waals surface area contributed by atoms with Crippen LogP contribution in [0.3, 0.4) is 0 Å². The zero-order valence-electron chi connectivity index (χ0n) is 26.4. The molecule has 3 aromatic heterocycles. The van der Waals surface area contributed by atoms with Crippen molar-refractivity contribution in [2.45, 2.75) is 0 Å². The SMILES string of the molecule is c1ccc(-n2c3ccccc3c3c(-c4c5ccccc5c(-c5cc6oc7ccccc7c6c6ccoc56)c5ccccc45)cccc32)cc1. The first-order valence-electron chi connectivity index (χ1n) is 16.7. The smallest absolute Gasteiger partial charge is 0.142 e. The first-order chi connectivity index (χ1) is 24.3. The summed E-state index contributed by atoms with van der Waals surface area (Å²) in [6.45, 7) is 0. The zero-order chi connectivity index (χ0) is 32.1. The van der Waals surface area contributed by atoms with Gasteiger partial charge in [-0.05, 0) is 75.1 Å². The number of furan rings is 2. The van der Waals surface area contributed by atoms with Gasteiger partial charge in [-0.15, -0.1) is 0 Å². The predicted molar refractivity (Wildman–Crippen MR) is 204 cm³/mol. The summed E-state index contributed by atoms with van der Waals surface area (Å²) in [5, 5.41) is 10.5. The van der Waals surface area contributed by atoms with E-state index in [1.54, 1.807) is 6.26 Å². The second-order valence-electron chi connectivity index (χ2n) is 12.8. The lowest BCUT2D eigenvalue weighted by Gasteiger charge is -2.18. The van der Waals surface area contributed by atoms with Crippen LogP contribution in [0.15, 0.2) is 173 Å². The molecular formula is C46H27NO2. The van der Waals surface area contributed by atoms with E-state index in [2.05, 4.69) is 150 Å². The lowest BCUT2D eigenvalue weighted by molar-refractivity contribution is 0.616. The molecule has 0 N–H and O–H groups in total. The lowest BCUT2D eigenvalue weighted by Crippen LogP contribution is -1.94. The Morgan fingerprint density at radius 1 is 0.388 bits per heavy atom. The van der Waals surface area contributed by atoms with Crippen molar-refractivity contribution in [3.8, 4) is 27.9 Å². The van der Waals surface area contributed by atoms with Crippen LogP contribution in [-0.2, 0) is 0 Å². The highest BCUT2D eigenvalue weighted by atomic mass is 16.3. The van der Waals surface area contributed by atoms with Crippen LogP contribution in [-0.4, -0.2) is 4.57 Å². The summed E-state index contributed by atoms with van der Waals surface area (Å²) in [5.74, 6) is 0.